The van der Waals surface area contributed by atoms with Crippen molar-refractivity contribution in [3.63, 3.8) is 0 Å². The van der Waals surface area contributed by atoms with E-state index in [0.29, 0.717) is 11.3 Å². The van der Waals surface area contributed by atoms with E-state index in [1.165, 1.54) is 35.2 Å². The molecule has 0 spiro atoms. The second-order valence-corrected chi connectivity index (χ2v) is 7.51. The van der Waals surface area contributed by atoms with E-state index in [1.54, 1.807) is 61.6 Å². The van der Waals surface area contributed by atoms with Crippen LogP contribution in [0.3, 0.4) is 0 Å². The third kappa shape index (κ3) is 4.24. The fourth-order valence-electron chi connectivity index (χ4n) is 2.59. The number of amidine groups is 1. The predicted molar refractivity (Wildman–Crippen MR) is 108 cm³/mol. The van der Waals surface area contributed by atoms with E-state index in [1.807, 2.05) is 0 Å². The van der Waals surface area contributed by atoms with E-state index in [4.69, 9.17) is 0 Å². The molecule has 0 aromatic heterocycles. The Bertz CT molecular complexity index is 1110. The Labute approximate surface area is 162 Å². The number of sulfonamides is 1. The summed E-state index contributed by atoms with van der Waals surface area (Å²) in [5.74, 6) is 0.157. The Kier molecular flexibility index (Phi) is 5.51. The molecule has 0 saturated carbocycles. The first-order valence-corrected chi connectivity index (χ1v) is 9.76. The lowest BCUT2D eigenvalue weighted by Gasteiger charge is -2.21. The van der Waals surface area contributed by atoms with Gasteiger partial charge in [0.2, 0.25) is 0 Å². The summed E-state index contributed by atoms with van der Waals surface area (Å²) in [6.45, 7) is 0. The molecule has 7 nitrogen and oxygen atoms in total. The lowest BCUT2D eigenvalue weighted by molar-refractivity contribution is -0.384. The monoisotopic (exact) mass is 395 g/mol. The molecule has 28 heavy (non-hydrogen) atoms. The summed E-state index contributed by atoms with van der Waals surface area (Å²) >= 11 is 0. The minimum absolute atomic E-state index is 0.0656. The van der Waals surface area contributed by atoms with Crippen molar-refractivity contribution >= 4 is 27.2 Å². The van der Waals surface area contributed by atoms with Gasteiger partial charge in [-0.1, -0.05) is 54.6 Å². The summed E-state index contributed by atoms with van der Waals surface area (Å²) in [5.41, 5.74) is 0.916. The molecule has 3 rings (SSSR count). The van der Waals surface area contributed by atoms with Gasteiger partial charge in [-0.15, -0.1) is 4.40 Å². The van der Waals surface area contributed by atoms with Crippen LogP contribution in [0, 0.1) is 10.1 Å². The van der Waals surface area contributed by atoms with Crippen molar-refractivity contribution in [3.8, 4) is 0 Å². The van der Waals surface area contributed by atoms with Gasteiger partial charge in [0.15, 0.2) is 5.84 Å². The van der Waals surface area contributed by atoms with Gasteiger partial charge in [0.1, 0.15) is 0 Å². The van der Waals surface area contributed by atoms with Crippen molar-refractivity contribution in [2.24, 2.45) is 4.40 Å². The highest BCUT2D eigenvalue weighted by atomic mass is 32.2. The van der Waals surface area contributed by atoms with Gasteiger partial charge in [0.05, 0.1) is 9.82 Å². The molecule has 0 radical (unpaired) electrons. The summed E-state index contributed by atoms with van der Waals surface area (Å²) < 4.78 is 29.7. The molecule has 0 aliphatic carbocycles. The second kappa shape index (κ2) is 8.01. The normalized spacial score (nSPS) is 11.8. The molecule has 0 heterocycles. The third-order valence-corrected chi connectivity index (χ3v) is 5.31. The summed E-state index contributed by atoms with van der Waals surface area (Å²) in [5, 5.41) is 11.1. The van der Waals surface area contributed by atoms with E-state index in [0.717, 1.165) is 0 Å². The van der Waals surface area contributed by atoms with Crippen LogP contribution in [0.2, 0.25) is 0 Å². The topological polar surface area (TPSA) is 92.9 Å². The van der Waals surface area contributed by atoms with Crippen LogP contribution in [0.25, 0.3) is 0 Å². The van der Waals surface area contributed by atoms with Gasteiger partial charge in [-0.25, -0.2) is 0 Å². The molecule has 0 bridgehead atoms. The third-order valence-electron chi connectivity index (χ3n) is 4.03. The fourth-order valence-corrected chi connectivity index (χ4v) is 3.65. The minimum Gasteiger partial charge on any atom is -0.328 e. The zero-order valence-corrected chi connectivity index (χ0v) is 15.8. The Morgan fingerprint density at radius 1 is 0.929 bits per heavy atom. The van der Waals surface area contributed by atoms with E-state index < -0.39 is 14.9 Å². The van der Waals surface area contributed by atoms with Crippen LogP contribution < -0.4 is 4.90 Å². The highest BCUT2D eigenvalue weighted by Crippen LogP contribution is 2.23. The molecular weight excluding hydrogens is 378 g/mol. The molecule has 142 valence electrons. The number of nitro benzene ring substituents is 1. The van der Waals surface area contributed by atoms with Gasteiger partial charge in [-0.3, -0.25) is 10.1 Å². The number of nitro groups is 1. The van der Waals surface area contributed by atoms with Crippen LogP contribution in [0.1, 0.15) is 5.56 Å². The van der Waals surface area contributed by atoms with Gasteiger partial charge >= 0.3 is 0 Å². The van der Waals surface area contributed by atoms with E-state index in [9.17, 15) is 18.5 Å². The SMILES string of the molecule is CN(/C(=N/S(=O)(=O)c1ccccc1)c1ccccc1)c1cccc([N+](=O)[O-])c1. The summed E-state index contributed by atoms with van der Waals surface area (Å²) in [7, 11) is -2.36. The molecule has 8 heteroatoms. The van der Waals surface area contributed by atoms with Crippen molar-refractivity contribution in [1.82, 2.24) is 0 Å². The smallest absolute Gasteiger partial charge is 0.284 e. The van der Waals surface area contributed by atoms with Gasteiger partial charge in [0.25, 0.3) is 15.7 Å². The standard InChI is InChI=1S/C20H17N3O4S/c1-22(17-11-8-12-18(15-17)23(24)25)20(16-9-4-2-5-10-16)21-28(26,27)19-13-6-3-7-14-19/h2-15H,1H3/b21-20+. The summed E-state index contributed by atoms with van der Waals surface area (Å²) in [6.07, 6.45) is 0. The van der Waals surface area contributed by atoms with Crippen LogP contribution in [-0.4, -0.2) is 26.2 Å². The first-order valence-electron chi connectivity index (χ1n) is 8.32. The highest BCUT2D eigenvalue weighted by Gasteiger charge is 2.20. The highest BCUT2D eigenvalue weighted by molar-refractivity contribution is 7.90. The second-order valence-electron chi connectivity index (χ2n) is 5.91. The Morgan fingerprint density at radius 3 is 2.14 bits per heavy atom. The Morgan fingerprint density at radius 2 is 1.54 bits per heavy atom. The molecule has 0 unspecified atom stereocenters. The van der Waals surface area contributed by atoms with Crippen molar-refractivity contribution in [2.45, 2.75) is 4.90 Å². The molecule has 0 atom stereocenters. The molecular formula is C20H17N3O4S. The molecule has 0 aliphatic rings. The average molecular weight is 395 g/mol. The number of nitrogens with zero attached hydrogens (tertiary/aromatic N) is 3. The molecule has 0 N–H and O–H groups in total. The van der Waals surface area contributed by atoms with Crippen molar-refractivity contribution < 1.29 is 13.3 Å². The van der Waals surface area contributed by atoms with Gasteiger partial charge in [-0.05, 0) is 18.2 Å². The molecule has 0 saturated heterocycles. The molecule has 0 fully saturated rings. The fraction of sp³-hybridized carbons (Fsp3) is 0.0500. The number of benzene rings is 3. The maximum absolute atomic E-state index is 12.8. The van der Waals surface area contributed by atoms with Gasteiger partial charge in [-0.2, -0.15) is 8.42 Å². The van der Waals surface area contributed by atoms with Crippen LogP contribution in [-0.2, 0) is 10.0 Å². The Balaban J connectivity index is 2.13. The molecule has 3 aromatic rings. The maximum Gasteiger partial charge on any atom is 0.284 e. The maximum atomic E-state index is 12.8. The minimum atomic E-state index is -3.97. The lowest BCUT2D eigenvalue weighted by atomic mass is 10.2. The Hall–Kier alpha value is -3.52. The van der Waals surface area contributed by atoms with E-state index in [2.05, 4.69) is 4.40 Å². The summed E-state index contributed by atoms with van der Waals surface area (Å²) in [4.78, 5) is 12.2. The van der Waals surface area contributed by atoms with Crippen molar-refractivity contribution in [3.05, 3.63) is 101 Å². The predicted octanol–water partition coefficient (Wildman–Crippen LogP) is 3.87. The van der Waals surface area contributed by atoms with E-state index in [-0.39, 0.29) is 16.4 Å². The van der Waals surface area contributed by atoms with E-state index >= 15 is 0 Å². The van der Waals surface area contributed by atoms with Gasteiger partial charge < -0.3 is 4.90 Å². The number of hydrogen-bond donors (Lipinski definition) is 0. The molecule has 0 aliphatic heterocycles. The number of anilines is 1. The van der Waals surface area contributed by atoms with Crippen LogP contribution in [0.15, 0.2) is 94.2 Å². The summed E-state index contributed by atoms with van der Waals surface area (Å²) in [6, 6.07) is 22.6. The van der Waals surface area contributed by atoms with Crippen molar-refractivity contribution in [1.29, 1.82) is 0 Å². The number of hydrogen-bond acceptors (Lipinski definition) is 4. The van der Waals surface area contributed by atoms with Crippen LogP contribution in [0.4, 0.5) is 11.4 Å². The zero-order chi connectivity index (χ0) is 20.1. The first-order chi connectivity index (χ1) is 13.4. The largest absolute Gasteiger partial charge is 0.328 e. The average Bonchev–Trinajstić information content (AvgIpc) is 2.73. The number of non-ortho nitro benzene ring substituents is 1. The number of rotatable bonds is 5. The van der Waals surface area contributed by atoms with Crippen molar-refractivity contribution in [2.75, 3.05) is 11.9 Å². The first kappa shape index (κ1) is 19.2. The van der Waals surface area contributed by atoms with Crippen LogP contribution >= 0.6 is 0 Å². The lowest BCUT2D eigenvalue weighted by Crippen LogP contribution is -2.28. The molecule has 0 amide bonds. The molecule has 3 aromatic carbocycles. The van der Waals surface area contributed by atoms with Crippen LogP contribution in [0.5, 0.6) is 0 Å². The quantitative estimate of drug-likeness (QED) is 0.283. The zero-order valence-electron chi connectivity index (χ0n) is 15.0. The van der Waals surface area contributed by atoms with Gasteiger partial charge in [0, 0.05) is 30.4 Å².